The monoisotopic (exact) mass is 503 g/mol. The number of hydrogen-bond donors (Lipinski definition) is 1. The lowest BCUT2D eigenvalue weighted by atomic mass is 9.82. The first-order chi connectivity index (χ1) is 18.0. The first kappa shape index (κ1) is 25.6. The molecule has 1 spiro atoms. The van der Waals surface area contributed by atoms with E-state index in [0.29, 0.717) is 24.8 Å². The largest absolute Gasteiger partial charge is 0.478 e. The molecule has 0 bridgehead atoms. The molecular formula is C30H37N3O4. The van der Waals surface area contributed by atoms with E-state index < -0.39 is 11.5 Å². The Hall–Kier alpha value is -3.03. The van der Waals surface area contributed by atoms with E-state index in [9.17, 15) is 19.5 Å². The second kappa shape index (κ2) is 11.2. The predicted octanol–water partition coefficient (Wildman–Crippen LogP) is 4.82. The van der Waals surface area contributed by atoms with Crippen LogP contribution in [0.2, 0.25) is 0 Å². The maximum Gasteiger partial charge on any atom is 0.335 e. The molecule has 3 aliphatic rings. The Kier molecular flexibility index (Phi) is 7.72. The van der Waals surface area contributed by atoms with Crippen molar-refractivity contribution in [2.24, 2.45) is 0 Å². The molecule has 196 valence electrons. The van der Waals surface area contributed by atoms with E-state index in [4.69, 9.17) is 0 Å². The summed E-state index contributed by atoms with van der Waals surface area (Å²) in [6, 6.07) is 16.6. The van der Waals surface area contributed by atoms with E-state index in [1.54, 1.807) is 18.2 Å². The minimum absolute atomic E-state index is 0.111. The smallest absolute Gasteiger partial charge is 0.335 e. The zero-order valence-electron chi connectivity index (χ0n) is 21.5. The Morgan fingerprint density at radius 3 is 2.32 bits per heavy atom. The summed E-state index contributed by atoms with van der Waals surface area (Å²) >= 11 is 0. The Morgan fingerprint density at radius 1 is 0.919 bits per heavy atom. The van der Waals surface area contributed by atoms with Crippen LogP contribution in [-0.4, -0.2) is 70.4 Å². The third kappa shape index (κ3) is 5.34. The summed E-state index contributed by atoms with van der Waals surface area (Å²) in [5.41, 5.74) is 1.11. The van der Waals surface area contributed by atoms with Crippen LogP contribution in [0.1, 0.15) is 78.5 Å². The zero-order chi connectivity index (χ0) is 25.8. The molecule has 3 fully saturated rings. The van der Waals surface area contributed by atoms with Gasteiger partial charge in [-0.1, -0.05) is 55.7 Å². The molecule has 37 heavy (non-hydrogen) atoms. The molecule has 2 heterocycles. The highest BCUT2D eigenvalue weighted by molar-refractivity contribution is 6.03. The van der Waals surface area contributed by atoms with Crippen molar-refractivity contribution in [3.63, 3.8) is 0 Å². The highest BCUT2D eigenvalue weighted by atomic mass is 16.4. The first-order valence-electron chi connectivity index (χ1n) is 13.7. The lowest BCUT2D eigenvalue weighted by Gasteiger charge is -2.46. The van der Waals surface area contributed by atoms with E-state index >= 15 is 0 Å². The number of piperidine rings is 1. The van der Waals surface area contributed by atoms with Crippen LogP contribution in [0.15, 0.2) is 54.6 Å². The average Bonchev–Trinajstić information content (AvgIpc) is 3.22. The maximum atomic E-state index is 14.1. The van der Waals surface area contributed by atoms with E-state index in [1.807, 2.05) is 41.3 Å². The number of carboxylic acid groups (broad SMARTS) is 1. The molecule has 7 heteroatoms. The van der Waals surface area contributed by atoms with Gasteiger partial charge in [-0.25, -0.2) is 4.79 Å². The van der Waals surface area contributed by atoms with Crippen molar-refractivity contribution in [2.75, 3.05) is 31.2 Å². The maximum absolute atomic E-state index is 14.1. The number of benzene rings is 2. The summed E-state index contributed by atoms with van der Waals surface area (Å²) in [7, 11) is 0. The van der Waals surface area contributed by atoms with Gasteiger partial charge in [-0.3, -0.25) is 19.4 Å². The Labute approximate surface area is 219 Å². The number of carbonyl (C=O) groups excluding carboxylic acids is 2. The lowest BCUT2D eigenvalue weighted by molar-refractivity contribution is -0.129. The van der Waals surface area contributed by atoms with Crippen LogP contribution in [-0.2, 0) is 4.79 Å². The van der Waals surface area contributed by atoms with Crippen molar-refractivity contribution < 1.29 is 19.5 Å². The quantitative estimate of drug-likeness (QED) is 0.520. The SMILES string of the molecule is O=C(O)c1cccc(N2CN(C3CCCCC3)C3(CCN(CCCC(=O)c4ccccc4)CC3)C2=O)c1. The number of likely N-dealkylation sites (tertiary alicyclic amines) is 1. The molecule has 1 aliphatic carbocycles. The number of ketones is 1. The highest BCUT2D eigenvalue weighted by Gasteiger charge is 2.55. The van der Waals surface area contributed by atoms with E-state index in [2.05, 4.69) is 9.80 Å². The number of rotatable bonds is 8. The minimum Gasteiger partial charge on any atom is -0.478 e. The van der Waals surface area contributed by atoms with Crippen LogP contribution in [0.25, 0.3) is 0 Å². The van der Waals surface area contributed by atoms with E-state index in [0.717, 1.165) is 57.3 Å². The van der Waals surface area contributed by atoms with Gasteiger partial charge in [0.15, 0.2) is 5.78 Å². The summed E-state index contributed by atoms with van der Waals surface area (Å²) in [6.45, 7) is 3.05. The van der Waals surface area contributed by atoms with Crippen LogP contribution in [0.4, 0.5) is 5.69 Å². The Balaban J connectivity index is 1.27. The van der Waals surface area contributed by atoms with Crippen LogP contribution < -0.4 is 4.90 Å². The second-order valence-corrected chi connectivity index (χ2v) is 10.8. The van der Waals surface area contributed by atoms with Gasteiger partial charge >= 0.3 is 5.97 Å². The number of nitrogens with zero attached hydrogens (tertiary/aromatic N) is 3. The summed E-state index contributed by atoms with van der Waals surface area (Å²) in [5.74, 6) is -0.686. The Bertz CT molecular complexity index is 1120. The topological polar surface area (TPSA) is 81.2 Å². The lowest BCUT2D eigenvalue weighted by Crippen LogP contribution is -2.59. The predicted molar refractivity (Wildman–Crippen MR) is 143 cm³/mol. The molecule has 1 amide bonds. The molecular weight excluding hydrogens is 466 g/mol. The molecule has 2 aromatic rings. The number of aromatic carboxylic acids is 1. The van der Waals surface area contributed by atoms with Crippen LogP contribution in [0, 0.1) is 0 Å². The summed E-state index contributed by atoms with van der Waals surface area (Å²) in [6.07, 6.45) is 8.76. The van der Waals surface area contributed by atoms with Crippen molar-refractivity contribution in [1.29, 1.82) is 0 Å². The van der Waals surface area contributed by atoms with Gasteiger partial charge in [-0.15, -0.1) is 0 Å². The molecule has 2 aromatic carbocycles. The zero-order valence-corrected chi connectivity index (χ0v) is 21.5. The standard InChI is InChI=1S/C30H37N3O4/c34-27(23-9-3-1-4-10-23)15-8-18-31-19-16-30(17-20-31)29(37)32(22-33(30)25-12-5-2-6-13-25)26-14-7-11-24(21-26)28(35)36/h1,3-4,7,9-11,14,21,25H,2,5-6,8,12-13,15-20,22H2,(H,35,36). The minimum atomic E-state index is -0.980. The van der Waals surface area contributed by atoms with Crippen molar-refractivity contribution in [3.05, 3.63) is 65.7 Å². The summed E-state index contributed by atoms with van der Waals surface area (Å²) < 4.78 is 0. The number of carbonyl (C=O) groups is 3. The molecule has 0 radical (unpaired) electrons. The number of amides is 1. The van der Waals surface area contributed by atoms with Gasteiger partial charge in [-0.2, -0.15) is 0 Å². The van der Waals surface area contributed by atoms with Crippen molar-refractivity contribution in [2.45, 2.75) is 69.4 Å². The molecule has 5 rings (SSSR count). The Morgan fingerprint density at radius 2 is 1.62 bits per heavy atom. The van der Waals surface area contributed by atoms with Gasteiger partial charge < -0.3 is 10.0 Å². The van der Waals surface area contributed by atoms with Crippen LogP contribution in [0.5, 0.6) is 0 Å². The fourth-order valence-electron chi connectivity index (χ4n) is 6.47. The van der Waals surface area contributed by atoms with Crippen LogP contribution >= 0.6 is 0 Å². The van der Waals surface area contributed by atoms with Gasteiger partial charge in [-0.05, 0) is 56.8 Å². The van der Waals surface area contributed by atoms with Gasteiger partial charge in [0.1, 0.15) is 5.54 Å². The molecule has 0 atom stereocenters. The van der Waals surface area contributed by atoms with Gasteiger partial charge in [0.25, 0.3) is 0 Å². The van der Waals surface area contributed by atoms with Crippen LogP contribution in [0.3, 0.4) is 0 Å². The van der Waals surface area contributed by atoms with Crippen molar-refractivity contribution in [3.8, 4) is 0 Å². The average molecular weight is 504 g/mol. The van der Waals surface area contributed by atoms with E-state index in [-0.39, 0.29) is 17.3 Å². The molecule has 0 unspecified atom stereocenters. The molecule has 7 nitrogen and oxygen atoms in total. The number of hydrogen-bond acceptors (Lipinski definition) is 5. The normalized spacial score (nSPS) is 21.0. The summed E-state index contributed by atoms with van der Waals surface area (Å²) in [4.78, 5) is 44.8. The molecule has 1 saturated carbocycles. The number of carboxylic acids is 1. The fourth-order valence-corrected chi connectivity index (χ4v) is 6.47. The molecule has 2 aliphatic heterocycles. The van der Waals surface area contributed by atoms with Gasteiger partial charge in [0.05, 0.1) is 12.2 Å². The van der Waals surface area contributed by atoms with Gasteiger partial charge in [0, 0.05) is 36.8 Å². The van der Waals surface area contributed by atoms with E-state index in [1.165, 1.54) is 19.3 Å². The second-order valence-electron chi connectivity index (χ2n) is 10.8. The number of Topliss-reactive ketones (excluding diaryl/α,β-unsaturated/α-hetero) is 1. The third-order valence-corrected chi connectivity index (χ3v) is 8.56. The molecule has 2 saturated heterocycles. The van der Waals surface area contributed by atoms with Crippen molar-refractivity contribution in [1.82, 2.24) is 9.80 Å². The molecule has 0 aromatic heterocycles. The third-order valence-electron chi connectivity index (χ3n) is 8.56. The molecule has 1 N–H and O–H groups in total. The summed E-state index contributed by atoms with van der Waals surface area (Å²) in [5, 5.41) is 9.47. The first-order valence-corrected chi connectivity index (χ1v) is 13.7. The number of anilines is 1. The fraction of sp³-hybridized carbons (Fsp3) is 0.500. The highest BCUT2D eigenvalue weighted by Crippen LogP contribution is 2.42. The van der Waals surface area contributed by atoms with Gasteiger partial charge in [0.2, 0.25) is 5.91 Å². The van der Waals surface area contributed by atoms with Crippen molar-refractivity contribution >= 4 is 23.3 Å².